The second kappa shape index (κ2) is 8.31. The minimum atomic E-state index is -0.500. The molecule has 0 aliphatic carbocycles. The van der Waals surface area contributed by atoms with Crippen LogP contribution in [0.1, 0.15) is 24.2 Å². The molecule has 6 heteroatoms. The molecule has 1 atom stereocenters. The van der Waals surface area contributed by atoms with Gasteiger partial charge in [0.25, 0.3) is 5.56 Å². The van der Waals surface area contributed by atoms with E-state index in [1.54, 1.807) is 0 Å². The van der Waals surface area contributed by atoms with E-state index >= 15 is 0 Å². The molecule has 6 nitrogen and oxygen atoms in total. The molecule has 0 aliphatic rings. The van der Waals surface area contributed by atoms with Crippen molar-refractivity contribution < 1.29 is 4.74 Å². The number of aromatic amines is 1. The van der Waals surface area contributed by atoms with E-state index in [4.69, 9.17) is 4.74 Å². The van der Waals surface area contributed by atoms with Crippen molar-refractivity contribution in [3.05, 3.63) is 98.8 Å². The van der Waals surface area contributed by atoms with Gasteiger partial charge in [-0.1, -0.05) is 60.7 Å². The normalized spacial score (nSPS) is 11.9. The van der Waals surface area contributed by atoms with Gasteiger partial charge in [0, 0.05) is 12.7 Å². The van der Waals surface area contributed by atoms with Gasteiger partial charge >= 0.3 is 5.69 Å². The number of benzene rings is 2. The summed E-state index contributed by atoms with van der Waals surface area (Å²) in [7, 11) is 0. The van der Waals surface area contributed by atoms with Gasteiger partial charge in [0.15, 0.2) is 0 Å². The fourth-order valence-corrected chi connectivity index (χ4v) is 2.54. The highest BCUT2D eigenvalue weighted by molar-refractivity contribution is 5.38. The number of H-pyrrole nitrogens is 1. The summed E-state index contributed by atoms with van der Waals surface area (Å²) in [5.41, 5.74) is 1.44. The molecular formula is C20H21N3O3. The number of aromatic nitrogens is 2. The molecule has 3 rings (SSSR count). The van der Waals surface area contributed by atoms with Gasteiger partial charge in [-0.25, -0.2) is 4.79 Å². The smallest absolute Gasteiger partial charge is 0.330 e. The average molecular weight is 351 g/mol. The zero-order valence-corrected chi connectivity index (χ0v) is 14.5. The minimum absolute atomic E-state index is 0.0473. The Labute approximate surface area is 151 Å². The molecule has 1 aromatic heterocycles. The molecule has 2 aromatic carbocycles. The number of nitrogens with zero attached hydrogens (tertiary/aromatic N) is 1. The summed E-state index contributed by atoms with van der Waals surface area (Å²) in [5, 5.41) is 3.06. The van der Waals surface area contributed by atoms with E-state index in [2.05, 4.69) is 10.3 Å². The third-order valence-corrected chi connectivity index (χ3v) is 4.07. The van der Waals surface area contributed by atoms with E-state index in [0.717, 1.165) is 11.1 Å². The van der Waals surface area contributed by atoms with E-state index in [9.17, 15) is 9.59 Å². The van der Waals surface area contributed by atoms with Crippen molar-refractivity contribution in [2.75, 3.05) is 5.32 Å². The maximum atomic E-state index is 12.0. The highest BCUT2D eigenvalue weighted by atomic mass is 16.5. The van der Waals surface area contributed by atoms with Gasteiger partial charge in [0.2, 0.25) is 0 Å². The summed E-state index contributed by atoms with van der Waals surface area (Å²) < 4.78 is 7.11. The molecule has 0 unspecified atom stereocenters. The Morgan fingerprint density at radius 2 is 1.69 bits per heavy atom. The Kier molecular flexibility index (Phi) is 5.66. The second-order valence-electron chi connectivity index (χ2n) is 5.96. The van der Waals surface area contributed by atoms with E-state index in [1.165, 1.54) is 10.8 Å². The zero-order chi connectivity index (χ0) is 18.4. The molecule has 134 valence electrons. The lowest BCUT2D eigenvalue weighted by Crippen LogP contribution is -2.32. The first-order chi connectivity index (χ1) is 12.6. The van der Waals surface area contributed by atoms with Crippen molar-refractivity contribution >= 4 is 5.69 Å². The molecule has 2 N–H and O–H groups in total. The summed E-state index contributed by atoms with van der Waals surface area (Å²) in [6.07, 6.45) is 1.32. The largest absolute Gasteiger partial charge is 0.375 e. The zero-order valence-electron chi connectivity index (χ0n) is 14.5. The van der Waals surface area contributed by atoms with Crippen LogP contribution in [0.3, 0.4) is 0 Å². The number of rotatable bonds is 7. The van der Waals surface area contributed by atoms with Crippen molar-refractivity contribution in [3.63, 3.8) is 0 Å². The van der Waals surface area contributed by atoms with Gasteiger partial charge in [0.05, 0.1) is 6.10 Å². The molecule has 0 saturated carbocycles. The fraction of sp³-hybridized carbons (Fsp3) is 0.200. The third-order valence-electron chi connectivity index (χ3n) is 4.07. The Morgan fingerprint density at radius 3 is 2.38 bits per heavy atom. The molecule has 0 saturated heterocycles. The summed E-state index contributed by atoms with van der Waals surface area (Å²) in [4.78, 5) is 26.3. The van der Waals surface area contributed by atoms with Gasteiger partial charge in [-0.15, -0.1) is 0 Å². The molecule has 1 heterocycles. The molecule has 26 heavy (non-hydrogen) atoms. The first-order valence-electron chi connectivity index (χ1n) is 8.41. The quantitative estimate of drug-likeness (QED) is 0.686. The Morgan fingerprint density at radius 1 is 1.04 bits per heavy atom. The molecule has 0 bridgehead atoms. The van der Waals surface area contributed by atoms with Gasteiger partial charge in [-0.05, 0) is 18.1 Å². The van der Waals surface area contributed by atoms with E-state index in [-0.39, 0.29) is 12.8 Å². The van der Waals surface area contributed by atoms with Crippen LogP contribution in [-0.2, 0) is 18.0 Å². The topological polar surface area (TPSA) is 76.1 Å². The summed E-state index contributed by atoms with van der Waals surface area (Å²) >= 11 is 0. The van der Waals surface area contributed by atoms with E-state index < -0.39 is 11.2 Å². The van der Waals surface area contributed by atoms with Crippen molar-refractivity contribution in [3.8, 4) is 0 Å². The van der Waals surface area contributed by atoms with Crippen LogP contribution in [-0.4, -0.2) is 9.55 Å². The fourth-order valence-electron chi connectivity index (χ4n) is 2.54. The number of anilines is 1. The lowest BCUT2D eigenvalue weighted by molar-refractivity contribution is 0.0142. The summed E-state index contributed by atoms with van der Waals surface area (Å²) in [5.74, 6) is 0. The molecule has 0 amide bonds. The molecule has 3 aromatic rings. The summed E-state index contributed by atoms with van der Waals surface area (Å²) in [6, 6.07) is 19.5. The van der Waals surface area contributed by atoms with Crippen LogP contribution in [0.4, 0.5) is 5.69 Å². The molecule has 0 spiro atoms. The van der Waals surface area contributed by atoms with Crippen LogP contribution in [0.2, 0.25) is 0 Å². The first-order valence-corrected chi connectivity index (χ1v) is 8.41. The Bertz CT molecular complexity index is 949. The molecular weight excluding hydrogens is 330 g/mol. The monoisotopic (exact) mass is 351 g/mol. The maximum Gasteiger partial charge on any atom is 0.330 e. The third kappa shape index (κ3) is 4.49. The van der Waals surface area contributed by atoms with Gasteiger partial charge in [-0.3, -0.25) is 14.3 Å². The minimum Gasteiger partial charge on any atom is -0.375 e. The van der Waals surface area contributed by atoms with Crippen molar-refractivity contribution in [1.29, 1.82) is 0 Å². The second-order valence-corrected chi connectivity index (χ2v) is 5.96. The maximum absolute atomic E-state index is 12.0. The van der Waals surface area contributed by atoms with Crippen LogP contribution in [0.5, 0.6) is 0 Å². The highest BCUT2D eigenvalue weighted by Crippen LogP contribution is 2.16. The van der Waals surface area contributed by atoms with Crippen molar-refractivity contribution in [1.82, 2.24) is 9.55 Å². The van der Waals surface area contributed by atoms with Crippen LogP contribution >= 0.6 is 0 Å². The van der Waals surface area contributed by atoms with E-state index in [0.29, 0.717) is 12.2 Å². The van der Waals surface area contributed by atoms with Crippen molar-refractivity contribution in [2.24, 2.45) is 0 Å². The van der Waals surface area contributed by atoms with Crippen LogP contribution in [0.25, 0.3) is 0 Å². The predicted molar refractivity (Wildman–Crippen MR) is 101 cm³/mol. The van der Waals surface area contributed by atoms with Crippen LogP contribution in [0, 0.1) is 0 Å². The molecule has 0 aliphatic heterocycles. The van der Waals surface area contributed by atoms with Crippen LogP contribution in [0.15, 0.2) is 76.4 Å². The van der Waals surface area contributed by atoms with Gasteiger partial charge in [0.1, 0.15) is 12.4 Å². The SMILES string of the molecule is C[C@@H](OCn1cc(NCc2ccccc2)c(=O)[nH]c1=O)c1ccccc1. The first kappa shape index (κ1) is 17.7. The molecule has 0 radical (unpaired) electrons. The van der Waals surface area contributed by atoms with Gasteiger partial charge < -0.3 is 10.1 Å². The average Bonchev–Trinajstić information content (AvgIpc) is 2.68. The van der Waals surface area contributed by atoms with Crippen LogP contribution < -0.4 is 16.6 Å². The highest BCUT2D eigenvalue weighted by Gasteiger charge is 2.08. The number of ether oxygens (including phenoxy) is 1. The lowest BCUT2D eigenvalue weighted by Gasteiger charge is -2.15. The standard InChI is InChI=1S/C20H21N3O3/c1-15(17-10-6-3-7-11-17)26-14-23-13-18(19(24)22-20(23)25)21-12-16-8-4-2-5-9-16/h2-11,13,15,21H,12,14H2,1H3,(H,22,24,25)/t15-/m1/s1. The Hall–Kier alpha value is -3.12. The lowest BCUT2D eigenvalue weighted by atomic mass is 10.1. The van der Waals surface area contributed by atoms with Gasteiger partial charge in [-0.2, -0.15) is 0 Å². The summed E-state index contributed by atoms with van der Waals surface area (Å²) in [6.45, 7) is 2.45. The Balaban J connectivity index is 1.69. The van der Waals surface area contributed by atoms with Crippen molar-refractivity contribution in [2.45, 2.75) is 26.3 Å². The number of hydrogen-bond acceptors (Lipinski definition) is 4. The molecule has 0 fully saturated rings. The predicted octanol–water partition coefficient (Wildman–Crippen LogP) is 2.88. The number of hydrogen-bond donors (Lipinski definition) is 2. The van der Waals surface area contributed by atoms with E-state index in [1.807, 2.05) is 67.6 Å². The number of nitrogens with one attached hydrogen (secondary N) is 2.